The number of nitrogens with zero attached hydrogens (tertiary/aromatic N) is 1. The molecule has 0 spiro atoms. The zero-order valence-corrected chi connectivity index (χ0v) is 17.7. The van der Waals surface area contributed by atoms with E-state index in [4.69, 9.17) is 14.2 Å². The fraction of sp³-hybridized carbons (Fsp3) is 0.739. The lowest BCUT2D eigenvalue weighted by Gasteiger charge is -2.32. The summed E-state index contributed by atoms with van der Waals surface area (Å²) in [4.78, 5) is 0. The van der Waals surface area contributed by atoms with Crippen molar-refractivity contribution in [3.63, 3.8) is 0 Å². The Morgan fingerprint density at radius 3 is 2.89 bits per heavy atom. The molecule has 0 saturated carbocycles. The maximum atomic E-state index is 5.88. The molecule has 2 aliphatic rings. The van der Waals surface area contributed by atoms with Gasteiger partial charge in [0.05, 0.1) is 18.3 Å². The molecule has 1 aromatic carbocycles. The Kier molecular flexibility index (Phi) is 9.06. The second-order valence-corrected chi connectivity index (χ2v) is 8.09. The van der Waals surface area contributed by atoms with E-state index in [0.29, 0.717) is 12.1 Å². The van der Waals surface area contributed by atoms with Crippen molar-refractivity contribution in [1.82, 2.24) is 5.43 Å². The average molecular weight is 391 g/mol. The molecule has 0 aliphatic carbocycles. The molecule has 1 N–H and O–H groups in total. The first-order valence-corrected chi connectivity index (χ1v) is 11.2. The molecule has 0 amide bonds. The summed E-state index contributed by atoms with van der Waals surface area (Å²) in [5.74, 6) is 0. The van der Waals surface area contributed by atoms with Gasteiger partial charge in [-0.25, -0.2) is 5.43 Å². The minimum Gasteiger partial charge on any atom is -0.382 e. The number of unbranched alkanes of at least 4 members (excludes halogenated alkanes) is 1. The second-order valence-electron chi connectivity index (χ2n) is 8.09. The van der Waals surface area contributed by atoms with E-state index in [1.54, 1.807) is 7.11 Å². The van der Waals surface area contributed by atoms with Gasteiger partial charge in [-0.1, -0.05) is 31.5 Å². The van der Waals surface area contributed by atoms with Crippen LogP contribution in [0.2, 0.25) is 0 Å². The lowest BCUT2D eigenvalue weighted by atomic mass is 10.1. The van der Waals surface area contributed by atoms with Gasteiger partial charge >= 0.3 is 0 Å². The Morgan fingerprint density at radius 1 is 1.21 bits per heavy atom. The first-order chi connectivity index (χ1) is 13.8. The molecule has 1 fully saturated rings. The third-order valence-electron chi connectivity index (χ3n) is 5.78. The van der Waals surface area contributed by atoms with Crippen molar-refractivity contribution in [3.8, 4) is 0 Å². The zero-order chi connectivity index (χ0) is 19.6. The number of rotatable bonds is 12. The highest BCUT2D eigenvalue weighted by Crippen LogP contribution is 2.31. The quantitative estimate of drug-likeness (QED) is 0.534. The van der Waals surface area contributed by atoms with Crippen molar-refractivity contribution in [3.05, 3.63) is 29.8 Å². The van der Waals surface area contributed by atoms with Gasteiger partial charge < -0.3 is 19.2 Å². The smallest absolute Gasteiger partial charge is 0.157 e. The highest BCUT2D eigenvalue weighted by Gasteiger charge is 2.30. The summed E-state index contributed by atoms with van der Waals surface area (Å²) in [5.41, 5.74) is 6.56. The number of benzene rings is 1. The van der Waals surface area contributed by atoms with E-state index in [2.05, 4.69) is 41.6 Å². The van der Waals surface area contributed by atoms with Crippen LogP contribution in [0.3, 0.4) is 0 Å². The molecular weight excluding hydrogens is 352 g/mol. The molecule has 158 valence electrons. The molecule has 2 aliphatic heterocycles. The molecule has 2 heterocycles. The minimum atomic E-state index is 0.0363. The molecule has 5 nitrogen and oxygen atoms in total. The number of hydrazine groups is 1. The van der Waals surface area contributed by atoms with E-state index in [0.717, 1.165) is 39.1 Å². The Hall–Kier alpha value is -1.14. The maximum Gasteiger partial charge on any atom is 0.157 e. The van der Waals surface area contributed by atoms with Gasteiger partial charge in [-0.05, 0) is 63.0 Å². The molecule has 1 unspecified atom stereocenters. The minimum absolute atomic E-state index is 0.0363. The number of methoxy groups -OCH3 is 1. The van der Waals surface area contributed by atoms with Crippen LogP contribution in [0.15, 0.2) is 24.3 Å². The van der Waals surface area contributed by atoms with E-state index in [1.165, 1.54) is 49.8 Å². The lowest BCUT2D eigenvalue weighted by Crippen LogP contribution is -2.50. The molecule has 0 radical (unpaired) electrons. The molecule has 28 heavy (non-hydrogen) atoms. The first-order valence-electron chi connectivity index (χ1n) is 11.2. The predicted octanol–water partition coefficient (Wildman–Crippen LogP) is 4.45. The summed E-state index contributed by atoms with van der Waals surface area (Å²) in [6.45, 7) is 4.67. The number of hydrogen-bond donors (Lipinski definition) is 1. The van der Waals surface area contributed by atoms with Crippen molar-refractivity contribution < 1.29 is 14.2 Å². The second kappa shape index (κ2) is 11.8. The van der Waals surface area contributed by atoms with E-state index >= 15 is 0 Å². The van der Waals surface area contributed by atoms with Crippen LogP contribution in [-0.4, -0.2) is 45.3 Å². The van der Waals surface area contributed by atoms with Gasteiger partial charge in [0.15, 0.2) is 6.29 Å². The van der Waals surface area contributed by atoms with Gasteiger partial charge in [0.1, 0.15) is 0 Å². The Balaban J connectivity index is 1.46. The summed E-state index contributed by atoms with van der Waals surface area (Å²) in [5, 5.41) is 2.37. The Bertz CT molecular complexity index is 563. The number of anilines is 1. The van der Waals surface area contributed by atoms with Crippen molar-refractivity contribution in [1.29, 1.82) is 0 Å². The maximum absolute atomic E-state index is 5.88. The number of hydrogen-bond acceptors (Lipinski definition) is 5. The number of fused-ring (bicyclic) bond motifs is 1. The Morgan fingerprint density at radius 2 is 2.11 bits per heavy atom. The molecule has 0 aromatic heterocycles. The van der Waals surface area contributed by atoms with E-state index in [-0.39, 0.29) is 6.29 Å². The van der Waals surface area contributed by atoms with Gasteiger partial charge in [0, 0.05) is 26.4 Å². The fourth-order valence-electron chi connectivity index (χ4n) is 4.33. The fourth-order valence-corrected chi connectivity index (χ4v) is 4.33. The molecule has 3 atom stereocenters. The summed E-state index contributed by atoms with van der Waals surface area (Å²) in [6, 6.07) is 9.57. The van der Waals surface area contributed by atoms with Gasteiger partial charge in [-0.15, -0.1) is 0 Å². The average Bonchev–Trinajstić information content (AvgIpc) is 3.06. The van der Waals surface area contributed by atoms with Crippen molar-refractivity contribution in [2.75, 3.05) is 31.9 Å². The van der Waals surface area contributed by atoms with Crippen LogP contribution < -0.4 is 10.4 Å². The van der Waals surface area contributed by atoms with Crippen molar-refractivity contribution >= 4 is 5.69 Å². The number of nitrogens with one attached hydrogen (secondary N) is 1. The van der Waals surface area contributed by atoms with Crippen molar-refractivity contribution in [2.45, 2.75) is 83.1 Å². The molecular formula is C23H38N2O3. The van der Waals surface area contributed by atoms with Gasteiger partial charge in [0.2, 0.25) is 0 Å². The topological polar surface area (TPSA) is 43.0 Å². The highest BCUT2D eigenvalue weighted by molar-refractivity contribution is 5.58. The number of para-hydroxylation sites is 1. The first kappa shape index (κ1) is 21.6. The number of ether oxygens (including phenoxy) is 3. The SMILES string of the molecule is CCC[C@H](CCCCOC1CCCCO1)NN1c2ccccc2C[C@H]1COC. The summed E-state index contributed by atoms with van der Waals surface area (Å²) < 4.78 is 17.0. The largest absolute Gasteiger partial charge is 0.382 e. The predicted molar refractivity (Wildman–Crippen MR) is 114 cm³/mol. The monoisotopic (exact) mass is 390 g/mol. The summed E-state index contributed by atoms with van der Waals surface area (Å²) in [7, 11) is 1.79. The van der Waals surface area contributed by atoms with E-state index in [9.17, 15) is 0 Å². The van der Waals surface area contributed by atoms with Crippen LogP contribution in [0.4, 0.5) is 5.69 Å². The van der Waals surface area contributed by atoms with Gasteiger partial charge in [0.25, 0.3) is 0 Å². The molecule has 5 heteroatoms. The van der Waals surface area contributed by atoms with Crippen molar-refractivity contribution in [2.24, 2.45) is 0 Å². The van der Waals surface area contributed by atoms with Crippen LogP contribution in [0, 0.1) is 0 Å². The van der Waals surface area contributed by atoms with Crippen LogP contribution in [-0.2, 0) is 20.6 Å². The van der Waals surface area contributed by atoms with E-state index in [1.807, 2.05) is 0 Å². The highest BCUT2D eigenvalue weighted by atomic mass is 16.7. The third-order valence-corrected chi connectivity index (χ3v) is 5.78. The van der Waals surface area contributed by atoms with E-state index < -0.39 is 0 Å². The van der Waals surface area contributed by atoms with Gasteiger partial charge in [-0.2, -0.15) is 0 Å². The molecule has 3 rings (SSSR count). The van der Waals surface area contributed by atoms with Gasteiger partial charge in [-0.3, -0.25) is 0 Å². The third kappa shape index (κ3) is 6.18. The standard InChI is InChI=1S/C23H38N2O3/c1-3-10-20(12-6-8-15-27-23-14-7-9-16-28-23)24-25-21(18-26-2)17-19-11-4-5-13-22(19)25/h4-5,11,13,20-21,23-24H,3,6-10,12,14-18H2,1-2H3/t20-,21+,23?/m1/s1. The normalized spacial score (nSPS) is 23.0. The summed E-state index contributed by atoms with van der Waals surface area (Å²) >= 11 is 0. The lowest BCUT2D eigenvalue weighted by molar-refractivity contribution is -0.162. The summed E-state index contributed by atoms with van der Waals surface area (Å²) in [6.07, 6.45) is 10.4. The molecule has 0 bridgehead atoms. The molecule has 1 aromatic rings. The molecule has 1 saturated heterocycles. The van der Waals surface area contributed by atoms with Crippen LogP contribution in [0.1, 0.15) is 63.9 Å². The van der Waals surface area contributed by atoms with Crippen LogP contribution in [0.25, 0.3) is 0 Å². The van der Waals surface area contributed by atoms with Crippen LogP contribution >= 0.6 is 0 Å². The Labute approximate surface area is 170 Å². The van der Waals surface area contributed by atoms with Crippen LogP contribution in [0.5, 0.6) is 0 Å². The zero-order valence-electron chi connectivity index (χ0n) is 17.7.